The van der Waals surface area contributed by atoms with E-state index in [1.807, 2.05) is 117 Å². The minimum absolute atomic E-state index is 0.0244. The number of amides is 3. The molecule has 1 spiro atoms. The summed E-state index contributed by atoms with van der Waals surface area (Å²) in [6, 6.07) is 33.0. The maximum absolute atomic E-state index is 14.9. The number of anilines is 3. The second kappa shape index (κ2) is 13.8. The molecule has 0 saturated carbocycles. The van der Waals surface area contributed by atoms with Gasteiger partial charge in [-0.3, -0.25) is 19.3 Å². The summed E-state index contributed by atoms with van der Waals surface area (Å²) in [5.74, 6) is -0.818. The molecule has 4 atom stereocenters. The van der Waals surface area contributed by atoms with Crippen LogP contribution in [0.5, 0.6) is 0 Å². The first-order chi connectivity index (χ1) is 24.5. The van der Waals surface area contributed by atoms with Gasteiger partial charge in [-0.15, -0.1) is 0 Å². The number of ether oxygens (including phenoxy) is 1. The van der Waals surface area contributed by atoms with Gasteiger partial charge in [0.05, 0.1) is 37.1 Å². The predicted octanol–water partition coefficient (Wildman–Crippen LogP) is 6.05. The average molecular weight is 704 g/mol. The molecule has 0 bridgehead atoms. The summed E-state index contributed by atoms with van der Waals surface area (Å²) in [5.41, 5.74) is 4.20. The summed E-state index contributed by atoms with van der Waals surface area (Å²) in [6.45, 7) is 6.22. The van der Waals surface area contributed by atoms with Gasteiger partial charge in [0.1, 0.15) is 0 Å². The largest absolute Gasteiger partial charge is 0.432 e. The maximum atomic E-state index is 14.9. The van der Waals surface area contributed by atoms with Gasteiger partial charge >= 0.3 is 0 Å². The van der Waals surface area contributed by atoms with Crippen LogP contribution in [0.4, 0.5) is 17.1 Å². The lowest BCUT2D eigenvalue weighted by atomic mass is 9.82. The molecule has 4 aromatic rings. The first kappa shape index (κ1) is 34.8. The van der Waals surface area contributed by atoms with Gasteiger partial charge in [-0.05, 0) is 60.5 Å². The van der Waals surface area contributed by atoms with Gasteiger partial charge in [0, 0.05) is 42.2 Å². The highest BCUT2D eigenvalue weighted by molar-refractivity contribution is 6.71. The van der Waals surface area contributed by atoms with Gasteiger partial charge in [-0.25, -0.2) is 0 Å². The molecular weight excluding hydrogens is 659 g/mol. The van der Waals surface area contributed by atoms with Gasteiger partial charge in [0.25, 0.3) is 5.91 Å². The van der Waals surface area contributed by atoms with Crippen LogP contribution in [0.15, 0.2) is 103 Å². The maximum Gasteiger partial charge on any atom is 0.264 e. The number of fused-ring (bicyclic) bond motifs is 3. The van der Waals surface area contributed by atoms with E-state index in [1.165, 1.54) is 0 Å². The van der Waals surface area contributed by atoms with Gasteiger partial charge in [0.15, 0.2) is 13.9 Å². The van der Waals surface area contributed by atoms with Crippen molar-refractivity contribution in [3.8, 4) is 0 Å². The third-order valence-electron chi connectivity index (χ3n) is 10.8. The number of aliphatic hydroxyl groups excluding tert-OH is 1. The highest BCUT2D eigenvalue weighted by Gasteiger charge is 2.66. The highest BCUT2D eigenvalue weighted by Crippen LogP contribution is 2.59. The van der Waals surface area contributed by atoms with Crippen LogP contribution in [0.3, 0.4) is 0 Å². The fourth-order valence-corrected chi connectivity index (χ4v) is 11.1. The number of hydrogen-bond donors (Lipinski definition) is 2. The number of rotatable bonds is 10. The molecule has 0 radical (unpaired) electrons. The molecule has 7 rings (SSSR count). The molecule has 10 heteroatoms. The fourth-order valence-electron chi connectivity index (χ4n) is 8.59. The molecule has 0 aromatic heterocycles. The molecule has 9 nitrogen and oxygen atoms in total. The van der Waals surface area contributed by atoms with E-state index in [4.69, 9.17) is 4.74 Å². The molecule has 1 saturated heterocycles. The molecule has 264 valence electrons. The van der Waals surface area contributed by atoms with Crippen molar-refractivity contribution in [2.75, 3.05) is 23.0 Å². The Hall–Kier alpha value is -4.61. The molecule has 2 N–H and O–H groups in total. The number of carbonyl (C=O) groups excluding carboxylic acids is 3. The average Bonchev–Trinajstić information content (AvgIpc) is 3.54. The Bertz CT molecular complexity index is 1950. The lowest BCUT2D eigenvalue weighted by molar-refractivity contribution is -0.150. The van der Waals surface area contributed by atoms with Crippen molar-refractivity contribution in [1.82, 2.24) is 4.90 Å². The zero-order chi connectivity index (χ0) is 35.9. The molecule has 3 amide bonds. The Morgan fingerprint density at radius 2 is 1.59 bits per heavy atom. The van der Waals surface area contributed by atoms with Crippen LogP contribution in [-0.2, 0) is 44.2 Å². The fraction of sp³-hybridized carbons (Fsp3) is 0.341. The first-order valence-corrected chi connectivity index (χ1v) is 20.8. The predicted molar refractivity (Wildman–Crippen MR) is 199 cm³/mol. The van der Waals surface area contributed by atoms with Crippen molar-refractivity contribution in [3.05, 3.63) is 125 Å². The highest BCUT2D eigenvalue weighted by atomic mass is 28.4. The monoisotopic (exact) mass is 703 g/mol. The first-order valence-electron chi connectivity index (χ1n) is 17.8. The van der Waals surface area contributed by atoms with E-state index in [0.717, 1.165) is 39.3 Å². The van der Waals surface area contributed by atoms with Crippen molar-refractivity contribution in [2.45, 2.75) is 69.6 Å². The zero-order valence-corrected chi connectivity index (χ0v) is 30.4. The summed E-state index contributed by atoms with van der Waals surface area (Å²) >= 11 is 0. The van der Waals surface area contributed by atoms with Crippen molar-refractivity contribution in [3.63, 3.8) is 0 Å². The number of para-hydroxylation sites is 2. The second-order valence-electron chi connectivity index (χ2n) is 14.5. The standard InChI is InChI=1S/C41H45N3O6Si/c1-28-39(51(2,3)49)36(25-38(47)42(22-23-45)26-29-12-5-4-6-13-29)50-41(28)33-17-8-10-19-35(33)43(40(41)48)27-30-14-11-16-32(24-30)44-34-18-9-7-15-31(34)20-21-37(44)46/h4-19,24,28,36,39,45,49H,20-23,25-27H2,1-3H3/t28-,36+,39-,41+/m0/s1. The van der Waals surface area contributed by atoms with E-state index in [2.05, 4.69) is 6.07 Å². The quantitative estimate of drug-likeness (QED) is 0.195. The normalized spacial score (nSPS) is 22.7. The molecule has 0 unspecified atom stereocenters. The molecule has 3 aliphatic heterocycles. The Kier molecular flexibility index (Phi) is 9.45. The van der Waals surface area contributed by atoms with E-state index in [-0.39, 0.29) is 43.8 Å². The third-order valence-corrected chi connectivity index (χ3v) is 13.3. The molecule has 3 heterocycles. The number of aliphatic hydroxyl groups is 1. The lowest BCUT2D eigenvalue weighted by Gasteiger charge is -2.32. The smallest absolute Gasteiger partial charge is 0.264 e. The van der Waals surface area contributed by atoms with Crippen molar-refractivity contribution >= 4 is 43.1 Å². The van der Waals surface area contributed by atoms with Gasteiger partial charge in [-0.2, -0.15) is 0 Å². The molecular formula is C41H45N3O6Si. The van der Waals surface area contributed by atoms with E-state index >= 15 is 0 Å². The second-order valence-corrected chi connectivity index (χ2v) is 18.5. The van der Waals surface area contributed by atoms with E-state index < -0.39 is 31.5 Å². The lowest BCUT2D eigenvalue weighted by Crippen LogP contribution is -2.46. The number of benzene rings is 4. The Labute approximate surface area is 300 Å². The Morgan fingerprint density at radius 3 is 2.33 bits per heavy atom. The van der Waals surface area contributed by atoms with Crippen LogP contribution in [0, 0.1) is 5.92 Å². The summed E-state index contributed by atoms with van der Waals surface area (Å²) in [4.78, 5) is 58.9. The summed E-state index contributed by atoms with van der Waals surface area (Å²) < 4.78 is 6.91. The molecule has 51 heavy (non-hydrogen) atoms. The van der Waals surface area contributed by atoms with Crippen LogP contribution < -0.4 is 9.80 Å². The molecule has 0 aliphatic carbocycles. The van der Waals surface area contributed by atoms with E-state index in [9.17, 15) is 24.3 Å². The SMILES string of the molecule is C[C@H]1[C@H]([Si](C)(C)O)[C@@H](CC(=O)N(CCO)Cc2ccccc2)O[C@]12C(=O)N(Cc1cccc(N3C(=O)CCc4ccccc43)c1)c1ccccc12. The summed E-state index contributed by atoms with van der Waals surface area (Å²) in [7, 11) is -3.00. The number of aryl methyl sites for hydroxylation is 1. The van der Waals surface area contributed by atoms with Crippen LogP contribution in [0.25, 0.3) is 0 Å². The van der Waals surface area contributed by atoms with Gasteiger partial charge < -0.3 is 24.4 Å². The van der Waals surface area contributed by atoms with Crippen LogP contribution >= 0.6 is 0 Å². The third kappa shape index (κ3) is 6.31. The molecule has 1 fully saturated rings. The number of carbonyl (C=O) groups is 3. The van der Waals surface area contributed by atoms with Gasteiger partial charge in [-0.1, -0.05) is 85.8 Å². The van der Waals surface area contributed by atoms with Crippen molar-refractivity contribution < 1.29 is 29.0 Å². The summed E-state index contributed by atoms with van der Waals surface area (Å²) in [5, 5.41) is 9.83. The van der Waals surface area contributed by atoms with Gasteiger partial charge in [0.2, 0.25) is 11.8 Å². The van der Waals surface area contributed by atoms with E-state index in [1.54, 1.807) is 14.7 Å². The molecule has 3 aliphatic rings. The van der Waals surface area contributed by atoms with Crippen molar-refractivity contribution in [2.24, 2.45) is 5.92 Å². The Morgan fingerprint density at radius 1 is 0.902 bits per heavy atom. The zero-order valence-electron chi connectivity index (χ0n) is 29.4. The number of hydrogen-bond acceptors (Lipinski definition) is 6. The molecule has 4 aromatic carbocycles. The summed E-state index contributed by atoms with van der Waals surface area (Å²) in [6.07, 6.45) is 0.402. The minimum Gasteiger partial charge on any atom is -0.432 e. The number of nitrogens with zero attached hydrogens (tertiary/aromatic N) is 3. The van der Waals surface area contributed by atoms with E-state index in [0.29, 0.717) is 19.4 Å². The van der Waals surface area contributed by atoms with Crippen LogP contribution in [-0.4, -0.2) is 60.1 Å². The minimum atomic E-state index is -3.00. The van der Waals surface area contributed by atoms with Crippen LogP contribution in [0.1, 0.15) is 42.0 Å². The Balaban J connectivity index is 1.19. The topological polar surface area (TPSA) is 111 Å². The van der Waals surface area contributed by atoms with Crippen LogP contribution in [0.2, 0.25) is 18.6 Å². The van der Waals surface area contributed by atoms with Crippen molar-refractivity contribution in [1.29, 1.82) is 0 Å².